The van der Waals surface area contributed by atoms with E-state index in [1.54, 1.807) is 7.11 Å². The Hall–Kier alpha value is -0.650. The van der Waals surface area contributed by atoms with Crippen molar-refractivity contribution in [1.82, 2.24) is 4.90 Å². The number of aliphatic carboxylic acids is 1. The first-order valence-corrected chi connectivity index (χ1v) is 5.71. The van der Waals surface area contributed by atoms with Crippen molar-refractivity contribution in [2.75, 3.05) is 46.6 Å². The molecule has 0 amide bonds. The average Bonchev–Trinajstić information content (AvgIpc) is 2.27. The molecule has 0 rings (SSSR count). The van der Waals surface area contributed by atoms with Crippen LogP contribution in [0.1, 0.15) is 19.8 Å². The van der Waals surface area contributed by atoms with Gasteiger partial charge in [0.05, 0.1) is 19.6 Å². The number of carboxylic acids is 1. The van der Waals surface area contributed by atoms with Crippen molar-refractivity contribution >= 4 is 5.97 Å². The molecule has 0 aliphatic carbocycles. The van der Waals surface area contributed by atoms with Crippen LogP contribution >= 0.6 is 0 Å². The van der Waals surface area contributed by atoms with Crippen LogP contribution < -0.4 is 0 Å². The number of hydrogen-bond acceptors (Lipinski definition) is 4. The third-order valence-corrected chi connectivity index (χ3v) is 2.28. The number of carboxylic acid groups (broad SMARTS) is 1. The third kappa shape index (κ3) is 9.89. The van der Waals surface area contributed by atoms with Gasteiger partial charge in [-0.3, -0.25) is 4.79 Å². The van der Waals surface area contributed by atoms with Gasteiger partial charge in [0.1, 0.15) is 0 Å². The minimum absolute atomic E-state index is 0.207. The van der Waals surface area contributed by atoms with E-state index in [1.807, 2.05) is 6.92 Å². The molecule has 0 heterocycles. The van der Waals surface area contributed by atoms with Crippen molar-refractivity contribution < 1.29 is 19.4 Å². The molecule has 5 nitrogen and oxygen atoms in total. The van der Waals surface area contributed by atoms with Crippen LogP contribution in [0.4, 0.5) is 0 Å². The molecule has 0 spiro atoms. The summed E-state index contributed by atoms with van der Waals surface area (Å²) in [7, 11) is 1.65. The molecule has 0 bridgehead atoms. The monoisotopic (exact) mass is 233 g/mol. The van der Waals surface area contributed by atoms with E-state index >= 15 is 0 Å². The van der Waals surface area contributed by atoms with Crippen molar-refractivity contribution in [3.05, 3.63) is 0 Å². The second-order valence-corrected chi connectivity index (χ2v) is 3.54. The molecule has 0 aromatic carbocycles. The van der Waals surface area contributed by atoms with E-state index in [9.17, 15) is 4.79 Å². The van der Waals surface area contributed by atoms with Gasteiger partial charge < -0.3 is 19.5 Å². The van der Waals surface area contributed by atoms with E-state index < -0.39 is 5.97 Å². The first-order valence-electron chi connectivity index (χ1n) is 5.71. The van der Waals surface area contributed by atoms with E-state index in [4.69, 9.17) is 14.6 Å². The Kier molecular flexibility index (Phi) is 10.4. The standard InChI is InChI=1S/C11H23NO4/c1-3-12(7-5-11(13)14)6-4-8-16-10-9-15-2/h3-10H2,1-2H3,(H,13,14). The smallest absolute Gasteiger partial charge is 0.304 e. The van der Waals surface area contributed by atoms with Gasteiger partial charge in [0.15, 0.2) is 0 Å². The second kappa shape index (κ2) is 10.9. The lowest BCUT2D eigenvalue weighted by Gasteiger charge is -2.19. The molecule has 1 N–H and O–H groups in total. The Morgan fingerprint density at radius 2 is 2.00 bits per heavy atom. The molecule has 0 unspecified atom stereocenters. The molecule has 0 atom stereocenters. The summed E-state index contributed by atoms with van der Waals surface area (Å²) in [5.41, 5.74) is 0. The van der Waals surface area contributed by atoms with E-state index in [-0.39, 0.29) is 6.42 Å². The Bertz CT molecular complexity index is 175. The van der Waals surface area contributed by atoms with Gasteiger partial charge in [0.25, 0.3) is 0 Å². The highest BCUT2D eigenvalue weighted by atomic mass is 16.5. The maximum atomic E-state index is 10.4. The molecular formula is C11H23NO4. The molecule has 0 aliphatic heterocycles. The Balaban J connectivity index is 3.37. The quantitative estimate of drug-likeness (QED) is 0.536. The van der Waals surface area contributed by atoms with Gasteiger partial charge in [-0.2, -0.15) is 0 Å². The lowest BCUT2D eigenvalue weighted by molar-refractivity contribution is -0.137. The number of hydrogen-bond donors (Lipinski definition) is 1. The number of nitrogens with zero attached hydrogens (tertiary/aromatic N) is 1. The van der Waals surface area contributed by atoms with E-state index in [0.29, 0.717) is 26.4 Å². The zero-order chi connectivity index (χ0) is 12.2. The summed E-state index contributed by atoms with van der Waals surface area (Å²) in [4.78, 5) is 12.5. The molecule has 0 aromatic rings. The first-order chi connectivity index (χ1) is 7.70. The van der Waals surface area contributed by atoms with Gasteiger partial charge >= 0.3 is 5.97 Å². The lowest BCUT2D eigenvalue weighted by Crippen LogP contribution is -2.28. The summed E-state index contributed by atoms with van der Waals surface area (Å²) in [5.74, 6) is -0.741. The van der Waals surface area contributed by atoms with E-state index in [1.165, 1.54) is 0 Å². The zero-order valence-electron chi connectivity index (χ0n) is 10.3. The van der Waals surface area contributed by atoms with E-state index in [0.717, 1.165) is 19.5 Å². The Morgan fingerprint density at radius 3 is 2.56 bits per heavy atom. The number of rotatable bonds is 11. The largest absolute Gasteiger partial charge is 0.481 e. The molecule has 0 saturated heterocycles. The maximum absolute atomic E-state index is 10.4. The fourth-order valence-corrected chi connectivity index (χ4v) is 1.32. The van der Waals surface area contributed by atoms with Crippen LogP contribution in [0.5, 0.6) is 0 Å². The minimum atomic E-state index is -0.741. The van der Waals surface area contributed by atoms with Gasteiger partial charge in [0.2, 0.25) is 0 Å². The molecule has 16 heavy (non-hydrogen) atoms. The summed E-state index contributed by atoms with van der Waals surface area (Å²) >= 11 is 0. The lowest BCUT2D eigenvalue weighted by atomic mass is 10.3. The van der Waals surface area contributed by atoms with Gasteiger partial charge in [-0.1, -0.05) is 6.92 Å². The topological polar surface area (TPSA) is 59.0 Å². The summed E-state index contributed by atoms with van der Waals surface area (Å²) in [6.07, 6.45) is 1.13. The van der Waals surface area contributed by atoms with Crippen molar-refractivity contribution in [3.63, 3.8) is 0 Å². The van der Waals surface area contributed by atoms with Gasteiger partial charge in [-0.15, -0.1) is 0 Å². The second-order valence-electron chi connectivity index (χ2n) is 3.54. The molecule has 0 aromatic heterocycles. The Morgan fingerprint density at radius 1 is 1.25 bits per heavy atom. The van der Waals surface area contributed by atoms with Crippen LogP contribution in [-0.4, -0.2) is 62.5 Å². The van der Waals surface area contributed by atoms with Crippen molar-refractivity contribution in [1.29, 1.82) is 0 Å². The van der Waals surface area contributed by atoms with Crippen LogP contribution in [0.3, 0.4) is 0 Å². The van der Waals surface area contributed by atoms with Crippen LogP contribution in [0, 0.1) is 0 Å². The van der Waals surface area contributed by atoms with Crippen molar-refractivity contribution in [3.8, 4) is 0 Å². The highest BCUT2D eigenvalue weighted by molar-refractivity contribution is 5.66. The fraction of sp³-hybridized carbons (Fsp3) is 0.909. The summed E-state index contributed by atoms with van der Waals surface area (Å²) < 4.78 is 10.2. The molecule has 0 aliphatic rings. The van der Waals surface area contributed by atoms with Gasteiger partial charge in [-0.05, 0) is 13.0 Å². The summed E-state index contributed by atoms with van der Waals surface area (Å²) in [5, 5.41) is 8.56. The van der Waals surface area contributed by atoms with Crippen molar-refractivity contribution in [2.24, 2.45) is 0 Å². The van der Waals surface area contributed by atoms with Crippen LogP contribution in [0.25, 0.3) is 0 Å². The predicted octanol–water partition coefficient (Wildman–Crippen LogP) is 0.836. The first kappa shape index (κ1) is 15.3. The van der Waals surface area contributed by atoms with Crippen LogP contribution in [-0.2, 0) is 14.3 Å². The molecule has 5 heteroatoms. The van der Waals surface area contributed by atoms with Gasteiger partial charge in [0, 0.05) is 26.8 Å². The zero-order valence-corrected chi connectivity index (χ0v) is 10.3. The highest BCUT2D eigenvalue weighted by Crippen LogP contribution is 1.95. The number of ether oxygens (including phenoxy) is 2. The fourth-order valence-electron chi connectivity index (χ4n) is 1.32. The highest BCUT2D eigenvalue weighted by Gasteiger charge is 2.04. The summed E-state index contributed by atoms with van der Waals surface area (Å²) in [6.45, 7) is 6.36. The molecule has 0 fully saturated rings. The average molecular weight is 233 g/mol. The predicted molar refractivity (Wildman–Crippen MR) is 61.7 cm³/mol. The van der Waals surface area contributed by atoms with Crippen LogP contribution in [0.2, 0.25) is 0 Å². The number of carbonyl (C=O) groups is 1. The maximum Gasteiger partial charge on any atom is 0.304 e. The van der Waals surface area contributed by atoms with E-state index in [2.05, 4.69) is 4.90 Å². The van der Waals surface area contributed by atoms with Gasteiger partial charge in [-0.25, -0.2) is 0 Å². The molecule has 96 valence electrons. The van der Waals surface area contributed by atoms with Crippen LogP contribution in [0.15, 0.2) is 0 Å². The molecule has 0 radical (unpaired) electrons. The summed E-state index contributed by atoms with van der Waals surface area (Å²) in [6, 6.07) is 0. The molecular weight excluding hydrogens is 210 g/mol. The minimum Gasteiger partial charge on any atom is -0.481 e. The Labute approximate surface area is 97.3 Å². The number of methoxy groups -OCH3 is 1. The SMILES string of the molecule is CCN(CCCOCCOC)CCC(=O)O. The van der Waals surface area contributed by atoms with Crippen molar-refractivity contribution in [2.45, 2.75) is 19.8 Å². The normalized spacial score (nSPS) is 10.9. The molecule has 0 saturated carbocycles. The third-order valence-electron chi connectivity index (χ3n) is 2.28.